The molecule has 0 aliphatic heterocycles. The van der Waals surface area contributed by atoms with Gasteiger partial charge in [-0.05, 0) is 18.1 Å². The van der Waals surface area contributed by atoms with E-state index in [0.29, 0.717) is 11.5 Å². The molecule has 0 atom stereocenters. The summed E-state index contributed by atoms with van der Waals surface area (Å²) < 4.78 is 10.5. The number of hydrogen-bond donors (Lipinski definition) is 1. The largest absolute Gasteiger partial charge is 0.493 e. The normalized spacial score (nSPS) is 9.94. The van der Waals surface area contributed by atoms with Gasteiger partial charge in [-0.1, -0.05) is 13.0 Å². The lowest BCUT2D eigenvalue weighted by atomic mass is 10.0. The van der Waals surface area contributed by atoms with Crippen molar-refractivity contribution in [1.29, 1.82) is 0 Å². The van der Waals surface area contributed by atoms with Crippen LogP contribution in [0.15, 0.2) is 12.1 Å². The second-order valence-electron chi connectivity index (χ2n) is 3.44. The Balaban J connectivity index is 3.25. The second kappa shape index (κ2) is 5.39. The summed E-state index contributed by atoms with van der Waals surface area (Å²) in [7, 11) is 3.18. The first-order chi connectivity index (χ1) is 7.63. The van der Waals surface area contributed by atoms with Crippen molar-refractivity contribution in [2.75, 3.05) is 14.2 Å². The van der Waals surface area contributed by atoms with Gasteiger partial charge in [0.1, 0.15) is 0 Å². The number of nitrogens with two attached hydrogens (primary N) is 1. The molecule has 0 radical (unpaired) electrons. The molecule has 0 aromatic heterocycles. The van der Waals surface area contributed by atoms with Gasteiger partial charge >= 0.3 is 0 Å². The molecule has 1 amide bonds. The van der Waals surface area contributed by atoms with Crippen molar-refractivity contribution in [3.05, 3.63) is 23.3 Å². The van der Waals surface area contributed by atoms with Gasteiger partial charge in [-0.15, -0.1) is 0 Å². The summed E-state index contributed by atoms with van der Waals surface area (Å²) in [5.74, 6) is 1.01. The minimum atomic E-state index is -0.345. The maximum absolute atomic E-state index is 10.9. The lowest BCUT2D eigenvalue weighted by Crippen LogP contribution is -2.15. The average molecular weight is 223 g/mol. The van der Waals surface area contributed by atoms with Crippen LogP contribution in [0.2, 0.25) is 0 Å². The van der Waals surface area contributed by atoms with Gasteiger partial charge in [-0.3, -0.25) is 4.79 Å². The van der Waals surface area contributed by atoms with Gasteiger partial charge in [-0.2, -0.15) is 0 Å². The molecule has 0 aliphatic rings. The van der Waals surface area contributed by atoms with Crippen molar-refractivity contribution in [3.8, 4) is 11.5 Å². The minimum Gasteiger partial charge on any atom is -0.493 e. The number of methoxy groups -OCH3 is 2. The Kier molecular flexibility index (Phi) is 4.17. The molecule has 0 saturated heterocycles. The average Bonchev–Trinajstić information content (AvgIpc) is 2.27. The van der Waals surface area contributed by atoms with Gasteiger partial charge < -0.3 is 15.2 Å². The molecule has 0 spiro atoms. The molecule has 16 heavy (non-hydrogen) atoms. The van der Waals surface area contributed by atoms with E-state index in [0.717, 1.165) is 17.5 Å². The number of carbonyl (C=O) groups excluding carboxylic acids is 1. The molecule has 0 bridgehead atoms. The Hall–Kier alpha value is -1.71. The molecular weight excluding hydrogens is 206 g/mol. The molecule has 0 fully saturated rings. The van der Waals surface area contributed by atoms with E-state index in [-0.39, 0.29) is 12.3 Å². The highest BCUT2D eigenvalue weighted by molar-refractivity contribution is 5.77. The predicted molar refractivity (Wildman–Crippen MR) is 61.8 cm³/mol. The molecule has 1 aromatic rings. The lowest BCUT2D eigenvalue weighted by molar-refractivity contribution is -0.117. The fourth-order valence-corrected chi connectivity index (χ4v) is 1.77. The zero-order valence-corrected chi connectivity index (χ0v) is 9.87. The van der Waals surface area contributed by atoms with Crippen molar-refractivity contribution in [3.63, 3.8) is 0 Å². The quantitative estimate of drug-likeness (QED) is 0.818. The molecular formula is C12H17NO3. The van der Waals surface area contributed by atoms with Crippen LogP contribution in [0.5, 0.6) is 11.5 Å². The van der Waals surface area contributed by atoms with Gasteiger partial charge in [0.05, 0.1) is 20.6 Å². The van der Waals surface area contributed by atoms with E-state index in [9.17, 15) is 4.79 Å². The topological polar surface area (TPSA) is 61.6 Å². The molecule has 4 nitrogen and oxygen atoms in total. The molecule has 0 saturated carbocycles. The van der Waals surface area contributed by atoms with Crippen molar-refractivity contribution in [2.24, 2.45) is 5.73 Å². The van der Waals surface area contributed by atoms with Crippen molar-refractivity contribution >= 4 is 5.91 Å². The summed E-state index contributed by atoms with van der Waals surface area (Å²) in [6.45, 7) is 2.00. The molecule has 1 rings (SSSR count). The van der Waals surface area contributed by atoms with Gasteiger partial charge in [0.15, 0.2) is 11.5 Å². The molecule has 2 N–H and O–H groups in total. The van der Waals surface area contributed by atoms with Crippen LogP contribution in [0.3, 0.4) is 0 Å². The Morgan fingerprint density at radius 1 is 1.31 bits per heavy atom. The van der Waals surface area contributed by atoms with Crippen LogP contribution in [0.25, 0.3) is 0 Å². The zero-order valence-electron chi connectivity index (χ0n) is 9.87. The minimum absolute atomic E-state index is 0.226. The standard InChI is InChI=1S/C12H17NO3/c1-4-9-8(7-11(13)14)5-6-10(15-2)12(9)16-3/h5-6H,4,7H2,1-3H3,(H2,13,14). The third-order valence-electron chi connectivity index (χ3n) is 2.46. The fourth-order valence-electron chi connectivity index (χ4n) is 1.77. The number of primary amides is 1. The molecule has 1 aromatic carbocycles. The highest BCUT2D eigenvalue weighted by Gasteiger charge is 2.14. The molecule has 88 valence electrons. The van der Waals surface area contributed by atoms with E-state index in [1.54, 1.807) is 20.3 Å². The zero-order chi connectivity index (χ0) is 12.1. The summed E-state index contributed by atoms with van der Waals surface area (Å²) in [6, 6.07) is 3.64. The highest BCUT2D eigenvalue weighted by atomic mass is 16.5. The summed E-state index contributed by atoms with van der Waals surface area (Å²) in [6.07, 6.45) is 0.993. The van der Waals surface area contributed by atoms with E-state index < -0.39 is 0 Å². The van der Waals surface area contributed by atoms with Gasteiger partial charge in [0.25, 0.3) is 0 Å². The van der Waals surface area contributed by atoms with Crippen LogP contribution in [-0.2, 0) is 17.6 Å². The number of hydrogen-bond acceptors (Lipinski definition) is 3. The van der Waals surface area contributed by atoms with Crippen LogP contribution >= 0.6 is 0 Å². The van der Waals surface area contributed by atoms with E-state index in [2.05, 4.69) is 0 Å². The van der Waals surface area contributed by atoms with Crippen LogP contribution in [0.1, 0.15) is 18.1 Å². The number of ether oxygens (including phenoxy) is 2. The van der Waals surface area contributed by atoms with E-state index in [1.807, 2.05) is 13.0 Å². The van der Waals surface area contributed by atoms with E-state index >= 15 is 0 Å². The van der Waals surface area contributed by atoms with Crippen molar-refractivity contribution < 1.29 is 14.3 Å². The summed E-state index contributed by atoms with van der Waals surface area (Å²) in [4.78, 5) is 10.9. The molecule has 4 heteroatoms. The fraction of sp³-hybridized carbons (Fsp3) is 0.417. The third-order valence-corrected chi connectivity index (χ3v) is 2.46. The van der Waals surface area contributed by atoms with Crippen molar-refractivity contribution in [1.82, 2.24) is 0 Å². The van der Waals surface area contributed by atoms with Crippen LogP contribution in [0, 0.1) is 0 Å². The Bertz CT molecular complexity index is 388. The maximum Gasteiger partial charge on any atom is 0.221 e. The Morgan fingerprint density at radius 3 is 2.44 bits per heavy atom. The third kappa shape index (κ3) is 2.45. The predicted octanol–water partition coefficient (Wildman–Crippen LogP) is 1.29. The van der Waals surface area contributed by atoms with Crippen LogP contribution in [-0.4, -0.2) is 20.1 Å². The van der Waals surface area contributed by atoms with Crippen molar-refractivity contribution in [2.45, 2.75) is 19.8 Å². The van der Waals surface area contributed by atoms with Crippen LogP contribution in [0.4, 0.5) is 0 Å². The summed E-state index contributed by atoms with van der Waals surface area (Å²) in [5, 5.41) is 0. The molecule has 0 heterocycles. The smallest absolute Gasteiger partial charge is 0.221 e. The van der Waals surface area contributed by atoms with Gasteiger partial charge in [0, 0.05) is 5.56 Å². The summed E-state index contributed by atoms with van der Waals surface area (Å²) >= 11 is 0. The monoisotopic (exact) mass is 223 g/mol. The second-order valence-corrected chi connectivity index (χ2v) is 3.44. The Morgan fingerprint density at radius 2 is 2.00 bits per heavy atom. The van der Waals surface area contributed by atoms with Crippen LogP contribution < -0.4 is 15.2 Å². The first-order valence-corrected chi connectivity index (χ1v) is 5.15. The molecule has 0 unspecified atom stereocenters. The van der Waals surface area contributed by atoms with E-state index in [1.165, 1.54) is 0 Å². The summed E-state index contributed by atoms with van der Waals surface area (Å²) in [5.41, 5.74) is 7.07. The first-order valence-electron chi connectivity index (χ1n) is 5.15. The number of amides is 1. The Labute approximate surface area is 95.3 Å². The first kappa shape index (κ1) is 12.4. The highest BCUT2D eigenvalue weighted by Crippen LogP contribution is 2.33. The lowest BCUT2D eigenvalue weighted by Gasteiger charge is -2.15. The number of benzene rings is 1. The van der Waals surface area contributed by atoms with Gasteiger partial charge in [-0.25, -0.2) is 0 Å². The molecule has 0 aliphatic carbocycles. The number of carbonyl (C=O) groups is 1. The maximum atomic E-state index is 10.9. The number of rotatable bonds is 5. The SMILES string of the molecule is CCc1c(CC(N)=O)ccc(OC)c1OC. The van der Waals surface area contributed by atoms with E-state index in [4.69, 9.17) is 15.2 Å². The van der Waals surface area contributed by atoms with Gasteiger partial charge in [0.2, 0.25) is 5.91 Å².